The molecule has 59 heavy (non-hydrogen) atoms. The highest BCUT2D eigenvalue weighted by Crippen LogP contribution is 2.67. The van der Waals surface area contributed by atoms with Gasteiger partial charge in [-0.15, -0.1) is 0 Å². The molecule has 0 aliphatic carbocycles. The first kappa shape index (κ1) is 44.3. The molecule has 5 heterocycles. The van der Waals surface area contributed by atoms with E-state index < -0.39 is 90.7 Å². The van der Waals surface area contributed by atoms with E-state index in [1.165, 1.54) is 26.0 Å². The zero-order valence-corrected chi connectivity index (χ0v) is 35.1. The molecular weight excluding hydrogens is 834 g/mol. The van der Waals surface area contributed by atoms with E-state index in [9.17, 15) is 29.4 Å². The number of aromatic nitrogens is 6. The Morgan fingerprint density at radius 2 is 1.88 bits per heavy atom. The molecule has 0 bridgehead atoms. The summed E-state index contributed by atoms with van der Waals surface area (Å²) in [7, 11) is 5.02. The number of nitrogens with two attached hydrogens (primary N) is 1. The molecule has 1 amide bonds. The number of nitrogen functional groups attached to an aromatic ring is 1. The average Bonchev–Trinajstić information content (AvgIpc) is 3.88. The third-order valence-electron chi connectivity index (χ3n) is 9.12. The van der Waals surface area contributed by atoms with E-state index in [0.717, 1.165) is 27.6 Å². The van der Waals surface area contributed by atoms with Crippen LogP contribution < -0.4 is 22.3 Å². The van der Waals surface area contributed by atoms with Crippen molar-refractivity contribution in [2.45, 2.75) is 88.2 Å². The standard InChI is InChI=1S/C35H46N8O13P2S/c1-35(2,3)55-34(49)40-20(12-19-8-6-5-7-9-19)32(47)51-18-59-58(57,56-27-22(14-44)54-31(28(27)50-4)42-11-10-24(46)41-33(42)48)52-15-23-21(45)13-25(53-23)43-17-39-26-29(36)37-16-38-30(26)43/h5-11,16-17,20-23,25,27-28,31,44-45,57H,12-15,18H2,1-4H3,(H,40,49)(H2,36,37,38)(H,41,46,48)/t20?,21?,22-,23-,25-,27?,28?,31-,58?/m1/s1. The number of methoxy groups -OCH3 is 1. The molecule has 0 saturated carbocycles. The second kappa shape index (κ2) is 19.0. The van der Waals surface area contributed by atoms with E-state index in [0.29, 0.717) is 11.2 Å². The summed E-state index contributed by atoms with van der Waals surface area (Å²) in [5, 5.41) is 24.1. The zero-order valence-electron chi connectivity index (χ0n) is 32.4. The van der Waals surface area contributed by atoms with Crippen LogP contribution in [0.3, 0.4) is 0 Å². The normalized spacial score (nSPS) is 24.7. The van der Waals surface area contributed by atoms with Crippen molar-refractivity contribution in [2.75, 3.05) is 32.0 Å². The van der Waals surface area contributed by atoms with Gasteiger partial charge >= 0.3 is 17.8 Å². The SMILES string of the molecule is COC1C(OP(=P)(OC[C@H]2O[C@@H](n3cnc4c(N)ncnc43)CC2O)SCOC(=O)C(Cc2ccccc2)NC(=O)OC(C)(C)C)[C@@H](CO)O[C@H]1n1ccc(=O)[nH]c1=O. The number of nitrogens with zero attached hydrogens (tertiary/aromatic N) is 5. The van der Waals surface area contributed by atoms with Gasteiger partial charge in [0.1, 0.15) is 60.1 Å². The summed E-state index contributed by atoms with van der Waals surface area (Å²) in [4.78, 5) is 65.6. The number of benzene rings is 1. The number of anilines is 1. The third kappa shape index (κ3) is 10.9. The van der Waals surface area contributed by atoms with Crippen molar-refractivity contribution in [1.29, 1.82) is 0 Å². The van der Waals surface area contributed by atoms with Gasteiger partial charge in [0, 0.05) is 32.2 Å². The van der Waals surface area contributed by atoms with Crippen molar-refractivity contribution >= 4 is 55.2 Å². The van der Waals surface area contributed by atoms with Gasteiger partial charge in [0.2, 0.25) is 6.21 Å². The van der Waals surface area contributed by atoms with E-state index in [1.54, 1.807) is 49.6 Å². The van der Waals surface area contributed by atoms with Gasteiger partial charge in [-0.1, -0.05) is 38.9 Å². The number of esters is 1. The predicted molar refractivity (Wildman–Crippen MR) is 215 cm³/mol. The number of H-pyrrole nitrogens is 1. The minimum Gasteiger partial charge on any atom is -0.453 e. The van der Waals surface area contributed by atoms with Crippen LogP contribution in [0.4, 0.5) is 10.6 Å². The molecule has 24 heteroatoms. The molecule has 1 aromatic carbocycles. The second-order valence-corrected chi connectivity index (χ2v) is 21.4. The quantitative estimate of drug-likeness (QED) is 0.0612. The van der Waals surface area contributed by atoms with Crippen LogP contribution in [0.5, 0.6) is 0 Å². The number of carbonyl (C=O) groups excluding carboxylic acids is 2. The smallest absolute Gasteiger partial charge is 0.408 e. The van der Waals surface area contributed by atoms with Crippen molar-refractivity contribution < 1.29 is 52.5 Å². The molecule has 0 spiro atoms. The fourth-order valence-corrected chi connectivity index (χ4v) is 10.3. The molecule has 2 aliphatic heterocycles. The monoisotopic (exact) mass is 880 g/mol. The van der Waals surface area contributed by atoms with Gasteiger partial charge in [0.05, 0.1) is 25.6 Å². The lowest BCUT2D eigenvalue weighted by Gasteiger charge is -2.31. The number of amides is 1. The van der Waals surface area contributed by atoms with Crippen molar-refractivity contribution in [3.8, 4) is 0 Å². The number of rotatable bonds is 16. The van der Waals surface area contributed by atoms with Gasteiger partial charge in [-0.25, -0.2) is 29.3 Å². The lowest BCUT2D eigenvalue weighted by molar-refractivity contribution is -0.143. The number of alkyl carbamates (subject to hydrolysis) is 1. The molecule has 320 valence electrons. The minimum absolute atomic E-state index is 0.0895. The van der Waals surface area contributed by atoms with Crippen molar-refractivity contribution in [2.24, 2.45) is 0 Å². The first-order valence-electron chi connectivity index (χ1n) is 18.3. The maximum Gasteiger partial charge on any atom is 0.408 e. The number of aromatic amines is 1. The summed E-state index contributed by atoms with van der Waals surface area (Å²) in [6, 6.07) is 9.00. The van der Waals surface area contributed by atoms with Crippen molar-refractivity contribution in [3.05, 3.63) is 81.7 Å². The summed E-state index contributed by atoms with van der Waals surface area (Å²) in [6.45, 7) is 4.24. The van der Waals surface area contributed by atoms with Gasteiger partial charge in [-0.3, -0.25) is 18.9 Å². The largest absolute Gasteiger partial charge is 0.453 e. The van der Waals surface area contributed by atoms with Gasteiger partial charge in [0.15, 0.2) is 17.7 Å². The molecule has 4 aromatic rings. The summed E-state index contributed by atoms with van der Waals surface area (Å²) in [5.41, 5.74) is 5.24. The Hall–Kier alpha value is -4.21. The Morgan fingerprint density at radius 3 is 2.58 bits per heavy atom. The summed E-state index contributed by atoms with van der Waals surface area (Å²) in [5.74, 6) is -0.986. The molecule has 0 radical (unpaired) electrons. The Bertz CT molecular complexity index is 2260. The molecule has 5 unspecified atom stereocenters. The van der Waals surface area contributed by atoms with E-state index in [2.05, 4.69) is 33.8 Å². The number of aliphatic hydroxyl groups is 2. The molecular formula is C35H46N8O13P2S. The molecule has 2 saturated heterocycles. The number of carbonyl (C=O) groups is 2. The fourth-order valence-electron chi connectivity index (χ4n) is 6.38. The third-order valence-corrected chi connectivity index (χ3v) is 14.5. The van der Waals surface area contributed by atoms with Crippen LogP contribution in [-0.4, -0.2) is 120 Å². The number of hydrogen-bond acceptors (Lipinski definition) is 18. The van der Waals surface area contributed by atoms with Crippen LogP contribution >= 0.6 is 26.1 Å². The summed E-state index contributed by atoms with van der Waals surface area (Å²) in [6.07, 6.45) is -7.13. The maximum atomic E-state index is 13.6. The highest BCUT2D eigenvalue weighted by molar-refractivity contribution is 8.64. The average molecular weight is 881 g/mol. The number of ether oxygens (including phenoxy) is 5. The van der Waals surface area contributed by atoms with Gasteiger partial charge < -0.3 is 54.0 Å². The number of fused-ring (bicyclic) bond motifs is 1. The van der Waals surface area contributed by atoms with E-state index >= 15 is 0 Å². The Morgan fingerprint density at radius 1 is 1.12 bits per heavy atom. The molecule has 6 rings (SSSR count). The number of aliphatic hydroxyl groups excluding tert-OH is 2. The lowest BCUT2D eigenvalue weighted by Crippen LogP contribution is -2.45. The van der Waals surface area contributed by atoms with Crippen LogP contribution in [0.1, 0.15) is 45.2 Å². The first-order chi connectivity index (χ1) is 28.1. The Balaban J connectivity index is 1.21. The van der Waals surface area contributed by atoms with Gasteiger partial charge in [0.25, 0.3) is 5.56 Å². The molecule has 6 N–H and O–H groups in total. The Labute approximate surface area is 343 Å². The van der Waals surface area contributed by atoms with E-state index in [4.69, 9.17) is 38.5 Å². The van der Waals surface area contributed by atoms with Crippen LogP contribution in [0.25, 0.3) is 11.2 Å². The maximum absolute atomic E-state index is 13.6. The number of nitrogens with one attached hydrogen (secondary N) is 2. The topological polar surface area (TPSA) is 276 Å². The predicted octanol–water partition coefficient (Wildman–Crippen LogP) is 2.10. The zero-order chi connectivity index (χ0) is 42.5. The van der Waals surface area contributed by atoms with Crippen molar-refractivity contribution in [3.63, 3.8) is 0 Å². The summed E-state index contributed by atoms with van der Waals surface area (Å²) < 4.78 is 44.7. The van der Waals surface area contributed by atoms with E-state index in [1.807, 2.05) is 6.07 Å². The minimum atomic E-state index is -3.50. The van der Waals surface area contributed by atoms with Crippen molar-refractivity contribution in [1.82, 2.24) is 34.4 Å². The number of imidazole rings is 1. The molecule has 2 fully saturated rings. The van der Waals surface area contributed by atoms with Crippen LogP contribution in [-0.2, 0) is 43.9 Å². The molecule has 3 aromatic heterocycles. The fraction of sp³-hybridized carbons (Fsp3) is 0.514. The highest BCUT2D eigenvalue weighted by Gasteiger charge is 2.49. The van der Waals surface area contributed by atoms with Crippen LogP contribution in [0, 0.1) is 0 Å². The Kier molecular flexibility index (Phi) is 14.3. The van der Waals surface area contributed by atoms with Crippen LogP contribution in [0.15, 0.2) is 64.8 Å². The summed E-state index contributed by atoms with van der Waals surface area (Å²) >= 11 is 0.907. The van der Waals surface area contributed by atoms with Gasteiger partial charge in [-0.2, -0.15) is 0 Å². The number of hydrogen-bond donors (Lipinski definition) is 5. The second-order valence-electron chi connectivity index (χ2n) is 14.4. The van der Waals surface area contributed by atoms with Crippen LogP contribution in [0.2, 0.25) is 0 Å². The van der Waals surface area contributed by atoms with E-state index in [-0.39, 0.29) is 31.2 Å². The first-order valence-corrected chi connectivity index (χ1v) is 22.8. The molecule has 9 atom stereocenters. The molecule has 2 aliphatic rings. The lowest BCUT2D eigenvalue weighted by atomic mass is 10.1. The van der Waals surface area contributed by atoms with Gasteiger partial charge in [-0.05, 0) is 37.7 Å². The molecule has 21 nitrogen and oxygen atoms in total. The highest BCUT2D eigenvalue weighted by atomic mass is 32.8.